The van der Waals surface area contributed by atoms with E-state index in [-0.39, 0.29) is 36.1 Å². The Morgan fingerprint density at radius 1 is 1.19 bits per heavy atom. The molecule has 1 atom stereocenters. The molecule has 1 N–H and O–H groups in total. The maximum atomic E-state index is 13.0. The number of Topliss-reactive ketones (excluding diaryl/α,β-unsaturated/α-hetero) is 1. The Hall–Kier alpha value is -3.52. The quantitative estimate of drug-likeness (QED) is 0.219. The first-order valence-electron chi connectivity index (χ1n) is 10.5. The number of likely N-dealkylation sites (tertiary alicyclic amines) is 1. The zero-order valence-electron chi connectivity index (χ0n) is 18.3. The number of benzene rings is 2. The number of aliphatic hydroxyl groups excluding tert-OH is 1. The molecular weight excluding hydrogens is 412 g/mol. The first-order valence-corrected chi connectivity index (χ1v) is 10.5. The van der Waals surface area contributed by atoms with E-state index in [2.05, 4.69) is 0 Å². The fraction of sp³-hybridized carbons (Fsp3) is 0.333. The van der Waals surface area contributed by atoms with Gasteiger partial charge in [-0.3, -0.25) is 19.7 Å². The van der Waals surface area contributed by atoms with Crippen LogP contribution in [0.4, 0.5) is 5.69 Å². The number of aryl methyl sites for hydroxylation is 1. The van der Waals surface area contributed by atoms with Crippen LogP contribution in [0, 0.1) is 10.1 Å². The van der Waals surface area contributed by atoms with E-state index in [1.165, 1.54) is 29.2 Å². The minimum Gasteiger partial charge on any atom is -0.507 e. The van der Waals surface area contributed by atoms with Crippen molar-refractivity contribution >= 4 is 23.1 Å². The summed E-state index contributed by atoms with van der Waals surface area (Å²) in [5.74, 6) is -2.01. The van der Waals surface area contributed by atoms with Gasteiger partial charge in [0.2, 0.25) is 0 Å². The van der Waals surface area contributed by atoms with Gasteiger partial charge in [0.15, 0.2) is 0 Å². The zero-order valence-corrected chi connectivity index (χ0v) is 18.3. The van der Waals surface area contributed by atoms with Crippen LogP contribution in [0.2, 0.25) is 0 Å². The van der Waals surface area contributed by atoms with Gasteiger partial charge in [0, 0.05) is 24.2 Å². The Kier molecular flexibility index (Phi) is 7.05. The monoisotopic (exact) mass is 438 g/mol. The standard InChI is InChI=1S/C24H26N2O6/c1-4-16-8-10-17(11-9-16)21-20(22(27)18-6-5-7-19(14-18)26(30)31)23(28)24(29)25(21)12-13-32-15(2)3/h5-11,14-15,21,27H,4,12-13H2,1-3H3/b22-20-. The van der Waals surface area contributed by atoms with Gasteiger partial charge < -0.3 is 14.7 Å². The van der Waals surface area contributed by atoms with Crippen LogP contribution in [0.5, 0.6) is 0 Å². The minimum absolute atomic E-state index is 0.0426. The van der Waals surface area contributed by atoms with Gasteiger partial charge >= 0.3 is 0 Å². The van der Waals surface area contributed by atoms with Crippen LogP contribution in [-0.2, 0) is 20.7 Å². The summed E-state index contributed by atoms with van der Waals surface area (Å²) in [6.45, 7) is 6.15. The van der Waals surface area contributed by atoms with E-state index in [0.717, 1.165) is 12.0 Å². The van der Waals surface area contributed by atoms with E-state index in [9.17, 15) is 24.8 Å². The van der Waals surface area contributed by atoms with E-state index in [1.807, 2.05) is 45.0 Å². The predicted molar refractivity (Wildman–Crippen MR) is 119 cm³/mol. The average molecular weight is 438 g/mol. The van der Waals surface area contributed by atoms with E-state index in [0.29, 0.717) is 5.56 Å². The van der Waals surface area contributed by atoms with Gasteiger partial charge in [0.1, 0.15) is 5.76 Å². The van der Waals surface area contributed by atoms with Gasteiger partial charge in [-0.1, -0.05) is 43.3 Å². The molecule has 0 spiro atoms. The first-order chi connectivity index (χ1) is 15.2. The van der Waals surface area contributed by atoms with Gasteiger partial charge in [-0.25, -0.2) is 0 Å². The van der Waals surface area contributed by atoms with Crippen LogP contribution in [0.3, 0.4) is 0 Å². The lowest BCUT2D eigenvalue weighted by atomic mass is 9.94. The van der Waals surface area contributed by atoms with E-state index in [4.69, 9.17) is 4.74 Å². The van der Waals surface area contributed by atoms with Gasteiger partial charge in [-0.15, -0.1) is 0 Å². The number of carbonyl (C=O) groups excluding carboxylic acids is 2. The Balaban J connectivity index is 2.11. The molecule has 1 aliphatic heterocycles. The van der Waals surface area contributed by atoms with Crippen molar-refractivity contribution in [2.24, 2.45) is 0 Å². The number of nitrogens with zero attached hydrogens (tertiary/aromatic N) is 2. The second kappa shape index (κ2) is 9.74. The molecule has 1 aliphatic rings. The maximum Gasteiger partial charge on any atom is 0.295 e. The molecule has 1 amide bonds. The highest BCUT2D eigenvalue weighted by molar-refractivity contribution is 6.46. The first kappa shape index (κ1) is 23.1. The zero-order chi connectivity index (χ0) is 23.4. The van der Waals surface area contributed by atoms with E-state index < -0.39 is 28.4 Å². The van der Waals surface area contributed by atoms with Crippen LogP contribution in [0.15, 0.2) is 54.1 Å². The van der Waals surface area contributed by atoms with Gasteiger partial charge in [0.25, 0.3) is 17.4 Å². The van der Waals surface area contributed by atoms with Crippen molar-refractivity contribution in [1.29, 1.82) is 0 Å². The van der Waals surface area contributed by atoms with Crippen LogP contribution < -0.4 is 0 Å². The highest BCUT2D eigenvalue weighted by Gasteiger charge is 2.46. The van der Waals surface area contributed by atoms with E-state index in [1.54, 1.807) is 0 Å². The molecule has 0 radical (unpaired) electrons. The number of amides is 1. The van der Waals surface area contributed by atoms with Crippen LogP contribution in [-0.4, -0.2) is 45.9 Å². The predicted octanol–water partition coefficient (Wildman–Crippen LogP) is 4.00. The van der Waals surface area contributed by atoms with E-state index >= 15 is 0 Å². The molecule has 1 unspecified atom stereocenters. The van der Waals surface area contributed by atoms with Crippen molar-refractivity contribution in [1.82, 2.24) is 4.90 Å². The fourth-order valence-electron chi connectivity index (χ4n) is 3.70. The number of nitro groups is 1. The molecule has 32 heavy (non-hydrogen) atoms. The molecular formula is C24H26N2O6. The Morgan fingerprint density at radius 3 is 2.47 bits per heavy atom. The maximum absolute atomic E-state index is 13.0. The number of hydrogen-bond donors (Lipinski definition) is 1. The molecule has 0 aromatic heterocycles. The number of non-ortho nitro benzene ring substituents is 1. The topological polar surface area (TPSA) is 110 Å². The van der Waals surface area contributed by atoms with Crippen molar-refractivity contribution in [2.45, 2.75) is 39.3 Å². The summed E-state index contributed by atoms with van der Waals surface area (Å²) in [7, 11) is 0. The summed E-state index contributed by atoms with van der Waals surface area (Å²) in [5, 5.41) is 22.2. The molecule has 8 heteroatoms. The lowest BCUT2D eigenvalue weighted by Crippen LogP contribution is -2.33. The van der Waals surface area contributed by atoms with Crippen molar-refractivity contribution in [3.63, 3.8) is 0 Å². The van der Waals surface area contributed by atoms with Crippen LogP contribution >= 0.6 is 0 Å². The molecule has 0 aliphatic carbocycles. The van der Waals surface area contributed by atoms with Crippen LogP contribution in [0.1, 0.15) is 43.5 Å². The van der Waals surface area contributed by atoms with Gasteiger partial charge in [-0.2, -0.15) is 0 Å². The smallest absolute Gasteiger partial charge is 0.295 e. The lowest BCUT2D eigenvalue weighted by molar-refractivity contribution is -0.384. The number of rotatable bonds is 8. The second-order valence-electron chi connectivity index (χ2n) is 7.81. The van der Waals surface area contributed by atoms with Crippen LogP contribution in [0.25, 0.3) is 5.76 Å². The Bertz CT molecular complexity index is 1060. The van der Waals surface area contributed by atoms with Crippen molar-refractivity contribution in [3.05, 3.63) is 80.9 Å². The third-order valence-electron chi connectivity index (χ3n) is 5.36. The molecule has 3 rings (SSSR count). The van der Waals surface area contributed by atoms with Gasteiger partial charge in [-0.05, 0) is 31.4 Å². The van der Waals surface area contributed by atoms with Gasteiger partial charge in [0.05, 0.1) is 29.2 Å². The largest absolute Gasteiger partial charge is 0.507 e. The third-order valence-corrected chi connectivity index (χ3v) is 5.36. The number of nitro benzene ring substituents is 1. The highest BCUT2D eigenvalue weighted by atomic mass is 16.6. The molecule has 2 aromatic rings. The number of carbonyl (C=O) groups is 2. The summed E-state index contributed by atoms with van der Waals surface area (Å²) in [4.78, 5) is 37.8. The SMILES string of the molecule is CCc1ccc(C2/C(=C(/O)c3cccc([N+](=O)[O-])c3)C(=O)C(=O)N2CCOC(C)C)cc1. The molecule has 1 fully saturated rings. The fourth-order valence-corrected chi connectivity index (χ4v) is 3.70. The summed E-state index contributed by atoms with van der Waals surface area (Å²) < 4.78 is 5.57. The lowest BCUT2D eigenvalue weighted by Gasteiger charge is -2.25. The average Bonchev–Trinajstić information content (AvgIpc) is 3.03. The number of ketones is 1. The summed E-state index contributed by atoms with van der Waals surface area (Å²) >= 11 is 0. The molecule has 8 nitrogen and oxygen atoms in total. The Morgan fingerprint density at radius 2 is 1.88 bits per heavy atom. The van der Waals surface area contributed by atoms with Crippen molar-refractivity contribution < 1.29 is 24.4 Å². The number of ether oxygens (including phenoxy) is 1. The summed E-state index contributed by atoms with van der Waals surface area (Å²) in [6.07, 6.45) is 0.787. The van der Waals surface area contributed by atoms with Crippen molar-refractivity contribution in [3.8, 4) is 0 Å². The molecule has 0 saturated carbocycles. The molecule has 1 heterocycles. The number of hydrogen-bond acceptors (Lipinski definition) is 6. The summed E-state index contributed by atoms with van der Waals surface area (Å²) in [6, 6.07) is 12.0. The minimum atomic E-state index is -0.830. The number of aliphatic hydroxyl groups is 1. The van der Waals surface area contributed by atoms with Crippen molar-refractivity contribution in [2.75, 3.05) is 13.2 Å². The second-order valence-corrected chi connectivity index (χ2v) is 7.81. The molecule has 1 saturated heterocycles. The summed E-state index contributed by atoms with van der Waals surface area (Å²) in [5.41, 5.74) is 1.54. The Labute approximate surface area is 186 Å². The molecule has 2 aromatic carbocycles. The highest BCUT2D eigenvalue weighted by Crippen LogP contribution is 2.39. The molecule has 0 bridgehead atoms. The molecule has 168 valence electrons. The normalized spacial score (nSPS) is 17.9. The third kappa shape index (κ3) is 4.70.